The molecule has 8 nitrogen and oxygen atoms in total. The maximum absolute atomic E-state index is 12.4. The minimum Gasteiger partial charge on any atom is -0.277 e. The van der Waals surface area contributed by atoms with Crippen LogP contribution < -0.4 is 10.4 Å². The molecule has 0 amide bonds. The first-order valence-electron chi connectivity index (χ1n) is 8.56. The second-order valence-electron chi connectivity index (χ2n) is 6.00. The molecule has 142 valence electrons. The number of aromatic nitrogens is 4. The monoisotopic (exact) mass is 387 g/mol. The minimum absolute atomic E-state index is 0.0520. The van der Waals surface area contributed by atoms with Gasteiger partial charge in [-0.1, -0.05) is 25.1 Å². The summed E-state index contributed by atoms with van der Waals surface area (Å²) >= 11 is 0. The third kappa shape index (κ3) is 4.15. The molecule has 0 bridgehead atoms. The Labute approximate surface area is 157 Å². The number of benzene rings is 1. The Bertz CT molecular complexity index is 1070. The van der Waals surface area contributed by atoms with Crippen molar-refractivity contribution < 1.29 is 8.42 Å². The summed E-state index contributed by atoms with van der Waals surface area (Å²) < 4.78 is 29.9. The van der Waals surface area contributed by atoms with Crippen molar-refractivity contribution >= 4 is 10.0 Å². The van der Waals surface area contributed by atoms with E-state index in [-0.39, 0.29) is 23.7 Å². The summed E-state index contributed by atoms with van der Waals surface area (Å²) in [6, 6.07) is 12.1. The molecule has 0 saturated heterocycles. The molecule has 0 aliphatic carbocycles. The second kappa shape index (κ2) is 7.85. The molecule has 0 fully saturated rings. The standard InChI is InChI=1S/C18H21N5O3S/c1-3-14-7-9-15(10-8-14)27(25,26)20-12-13-23-18(24)22(2)17(21-23)16-6-4-5-11-19-16/h4-11,20H,3,12-13H2,1-2H3. The Kier molecular flexibility index (Phi) is 5.52. The molecule has 0 atom stereocenters. The average Bonchev–Trinajstić information content (AvgIpc) is 2.97. The Morgan fingerprint density at radius 1 is 1.11 bits per heavy atom. The van der Waals surface area contributed by atoms with Crippen molar-refractivity contribution in [3.05, 3.63) is 64.7 Å². The van der Waals surface area contributed by atoms with E-state index in [0.717, 1.165) is 12.0 Å². The van der Waals surface area contributed by atoms with Gasteiger partial charge in [-0.25, -0.2) is 22.6 Å². The normalized spacial score (nSPS) is 11.6. The van der Waals surface area contributed by atoms with Crippen LogP contribution in [0.2, 0.25) is 0 Å². The lowest BCUT2D eigenvalue weighted by Crippen LogP contribution is -2.31. The number of pyridine rings is 1. The topological polar surface area (TPSA) is 98.9 Å². The number of nitrogens with zero attached hydrogens (tertiary/aromatic N) is 4. The summed E-state index contributed by atoms with van der Waals surface area (Å²) in [6.45, 7) is 2.17. The SMILES string of the molecule is CCc1ccc(S(=O)(=O)NCCn2nc(-c3ccccn3)n(C)c2=O)cc1. The van der Waals surface area contributed by atoms with Crippen molar-refractivity contribution in [2.75, 3.05) is 6.54 Å². The van der Waals surface area contributed by atoms with Gasteiger partial charge in [0.05, 0.1) is 11.4 Å². The molecule has 9 heteroatoms. The summed E-state index contributed by atoms with van der Waals surface area (Å²) in [5, 5.41) is 4.26. The van der Waals surface area contributed by atoms with Crippen molar-refractivity contribution in [1.29, 1.82) is 0 Å². The molecule has 27 heavy (non-hydrogen) atoms. The Balaban J connectivity index is 1.71. The van der Waals surface area contributed by atoms with Crippen LogP contribution >= 0.6 is 0 Å². The van der Waals surface area contributed by atoms with Crippen LogP contribution in [0.1, 0.15) is 12.5 Å². The van der Waals surface area contributed by atoms with Crippen molar-refractivity contribution in [2.24, 2.45) is 7.05 Å². The van der Waals surface area contributed by atoms with E-state index in [4.69, 9.17) is 0 Å². The molecule has 0 spiro atoms. The third-order valence-electron chi connectivity index (χ3n) is 4.19. The van der Waals surface area contributed by atoms with Gasteiger partial charge in [0.25, 0.3) is 0 Å². The van der Waals surface area contributed by atoms with Gasteiger partial charge in [0, 0.05) is 19.8 Å². The lowest BCUT2D eigenvalue weighted by molar-refractivity contribution is 0.551. The molecule has 2 heterocycles. The minimum atomic E-state index is -3.64. The first-order valence-corrected chi connectivity index (χ1v) is 10.0. The number of hydrogen-bond acceptors (Lipinski definition) is 5. The van der Waals surface area contributed by atoms with Gasteiger partial charge in [-0.3, -0.25) is 9.55 Å². The molecule has 1 aromatic carbocycles. The molecule has 2 aromatic heterocycles. The summed E-state index contributed by atoms with van der Waals surface area (Å²) in [5.74, 6) is 0.429. The highest BCUT2D eigenvalue weighted by atomic mass is 32.2. The summed E-state index contributed by atoms with van der Waals surface area (Å²) in [5.41, 5.74) is 1.31. The summed E-state index contributed by atoms with van der Waals surface area (Å²) in [6.07, 6.45) is 2.46. The molecule has 0 aliphatic rings. The van der Waals surface area contributed by atoms with E-state index < -0.39 is 10.0 Å². The summed E-state index contributed by atoms with van der Waals surface area (Å²) in [7, 11) is -2.03. The van der Waals surface area contributed by atoms with Crippen LogP contribution in [-0.4, -0.2) is 34.3 Å². The highest BCUT2D eigenvalue weighted by Crippen LogP contribution is 2.12. The van der Waals surface area contributed by atoms with Crippen molar-refractivity contribution in [2.45, 2.75) is 24.8 Å². The zero-order valence-electron chi connectivity index (χ0n) is 15.2. The quantitative estimate of drug-likeness (QED) is 0.656. The van der Waals surface area contributed by atoms with E-state index in [1.165, 1.54) is 9.25 Å². The van der Waals surface area contributed by atoms with E-state index in [1.807, 2.05) is 13.0 Å². The Morgan fingerprint density at radius 3 is 2.48 bits per heavy atom. The molecule has 3 rings (SSSR count). The zero-order chi connectivity index (χ0) is 19.4. The van der Waals surface area contributed by atoms with Crippen molar-refractivity contribution in [3.63, 3.8) is 0 Å². The van der Waals surface area contributed by atoms with Gasteiger partial charge >= 0.3 is 5.69 Å². The van der Waals surface area contributed by atoms with E-state index in [0.29, 0.717) is 11.5 Å². The fraction of sp³-hybridized carbons (Fsp3) is 0.278. The molecule has 3 aromatic rings. The van der Waals surface area contributed by atoms with Crippen LogP contribution in [0.25, 0.3) is 11.5 Å². The molecule has 0 aliphatic heterocycles. The zero-order valence-corrected chi connectivity index (χ0v) is 16.0. The van der Waals surface area contributed by atoms with Gasteiger partial charge < -0.3 is 0 Å². The van der Waals surface area contributed by atoms with Gasteiger partial charge in [0.15, 0.2) is 5.82 Å². The number of sulfonamides is 1. The van der Waals surface area contributed by atoms with Crippen molar-refractivity contribution in [3.8, 4) is 11.5 Å². The number of rotatable bonds is 7. The third-order valence-corrected chi connectivity index (χ3v) is 5.67. The van der Waals surface area contributed by atoms with Gasteiger partial charge in [-0.05, 0) is 36.2 Å². The lowest BCUT2D eigenvalue weighted by atomic mass is 10.2. The Morgan fingerprint density at radius 2 is 1.85 bits per heavy atom. The predicted octanol–water partition coefficient (Wildman–Crippen LogP) is 1.18. The first kappa shape index (κ1) is 19.0. The van der Waals surface area contributed by atoms with Crippen LogP contribution in [0.15, 0.2) is 58.4 Å². The molecular formula is C18H21N5O3S. The molecular weight excluding hydrogens is 366 g/mol. The second-order valence-corrected chi connectivity index (χ2v) is 7.77. The van der Waals surface area contributed by atoms with E-state index in [2.05, 4.69) is 14.8 Å². The summed E-state index contributed by atoms with van der Waals surface area (Å²) in [4.78, 5) is 16.7. The maximum Gasteiger partial charge on any atom is 0.346 e. The lowest BCUT2D eigenvalue weighted by Gasteiger charge is -2.07. The van der Waals surface area contributed by atoms with Gasteiger partial charge in [0.1, 0.15) is 5.69 Å². The molecule has 1 N–H and O–H groups in total. The van der Waals surface area contributed by atoms with Crippen molar-refractivity contribution in [1.82, 2.24) is 24.1 Å². The highest BCUT2D eigenvalue weighted by molar-refractivity contribution is 7.89. The van der Waals surface area contributed by atoms with Crippen LogP contribution in [0.3, 0.4) is 0 Å². The van der Waals surface area contributed by atoms with Crippen LogP contribution in [0.4, 0.5) is 0 Å². The molecule has 0 saturated carbocycles. The van der Waals surface area contributed by atoms with Crippen LogP contribution in [0.5, 0.6) is 0 Å². The smallest absolute Gasteiger partial charge is 0.277 e. The number of hydrogen-bond donors (Lipinski definition) is 1. The number of nitrogens with one attached hydrogen (secondary N) is 1. The average molecular weight is 387 g/mol. The molecule has 0 radical (unpaired) electrons. The predicted molar refractivity (Wildman–Crippen MR) is 102 cm³/mol. The maximum atomic E-state index is 12.4. The Hall–Kier alpha value is -2.78. The highest BCUT2D eigenvalue weighted by Gasteiger charge is 2.16. The number of aryl methyl sites for hydroxylation is 1. The van der Waals surface area contributed by atoms with Gasteiger partial charge in [-0.2, -0.15) is 0 Å². The fourth-order valence-electron chi connectivity index (χ4n) is 2.63. The van der Waals surface area contributed by atoms with E-state index in [9.17, 15) is 13.2 Å². The van der Waals surface area contributed by atoms with E-state index >= 15 is 0 Å². The van der Waals surface area contributed by atoms with E-state index in [1.54, 1.807) is 49.6 Å². The van der Waals surface area contributed by atoms with Crippen LogP contribution in [-0.2, 0) is 30.0 Å². The first-order chi connectivity index (χ1) is 12.9. The van der Waals surface area contributed by atoms with Crippen LogP contribution in [0, 0.1) is 0 Å². The molecule has 0 unspecified atom stereocenters. The largest absolute Gasteiger partial charge is 0.346 e. The van der Waals surface area contributed by atoms with Gasteiger partial charge in [0.2, 0.25) is 10.0 Å². The van der Waals surface area contributed by atoms with Gasteiger partial charge in [-0.15, -0.1) is 5.10 Å². The fourth-order valence-corrected chi connectivity index (χ4v) is 3.65.